The van der Waals surface area contributed by atoms with Gasteiger partial charge in [0, 0.05) is 17.0 Å². The lowest BCUT2D eigenvalue weighted by Gasteiger charge is -2.18. The smallest absolute Gasteiger partial charge is 0.136 e. The zero-order valence-corrected chi connectivity index (χ0v) is 12.3. The van der Waals surface area contributed by atoms with Crippen molar-refractivity contribution in [3.63, 3.8) is 0 Å². The topological polar surface area (TPSA) is 35.0 Å². The molecule has 0 fully saturated rings. The number of hydrogen-bond acceptors (Lipinski definition) is 3. The van der Waals surface area contributed by atoms with Crippen molar-refractivity contribution in [1.29, 1.82) is 0 Å². The molecule has 100 valence electrons. The largest absolute Gasteiger partial charge is 0.496 e. The van der Waals surface area contributed by atoms with Crippen molar-refractivity contribution in [2.75, 3.05) is 7.11 Å². The van der Waals surface area contributed by atoms with E-state index in [0.29, 0.717) is 5.15 Å². The molecule has 0 saturated heterocycles. The average Bonchev–Trinajstić information content (AvgIpc) is 2.37. The standard InChI is InChI=1S/C15H17ClN2O/c1-15(2,3)14-17-11(9-13(16)18-14)10-7-5-6-8-12(10)19-4/h5-9H,1-4H3. The molecule has 2 rings (SSSR count). The van der Waals surface area contributed by atoms with E-state index in [-0.39, 0.29) is 5.41 Å². The summed E-state index contributed by atoms with van der Waals surface area (Å²) in [6, 6.07) is 9.50. The highest BCUT2D eigenvalue weighted by atomic mass is 35.5. The third kappa shape index (κ3) is 3.04. The third-order valence-electron chi connectivity index (χ3n) is 2.75. The fraction of sp³-hybridized carbons (Fsp3) is 0.333. The summed E-state index contributed by atoms with van der Waals surface area (Å²) in [7, 11) is 1.65. The number of benzene rings is 1. The van der Waals surface area contributed by atoms with Gasteiger partial charge in [-0.05, 0) is 12.1 Å². The fourth-order valence-corrected chi connectivity index (χ4v) is 1.93. The molecule has 0 bridgehead atoms. The van der Waals surface area contributed by atoms with Gasteiger partial charge < -0.3 is 4.74 Å². The minimum atomic E-state index is -0.151. The van der Waals surface area contributed by atoms with Gasteiger partial charge in [-0.1, -0.05) is 44.5 Å². The summed E-state index contributed by atoms with van der Waals surface area (Å²) < 4.78 is 5.36. The highest BCUT2D eigenvalue weighted by Crippen LogP contribution is 2.31. The van der Waals surface area contributed by atoms with Crippen LogP contribution in [0.3, 0.4) is 0 Å². The van der Waals surface area contributed by atoms with Crippen LogP contribution in [0, 0.1) is 0 Å². The molecule has 0 N–H and O–H groups in total. The van der Waals surface area contributed by atoms with Crippen molar-refractivity contribution < 1.29 is 4.74 Å². The highest BCUT2D eigenvalue weighted by Gasteiger charge is 2.20. The van der Waals surface area contributed by atoms with E-state index < -0.39 is 0 Å². The number of hydrogen-bond donors (Lipinski definition) is 0. The Morgan fingerprint density at radius 2 is 1.79 bits per heavy atom. The maximum atomic E-state index is 6.11. The second-order valence-electron chi connectivity index (χ2n) is 5.35. The van der Waals surface area contributed by atoms with E-state index in [4.69, 9.17) is 16.3 Å². The van der Waals surface area contributed by atoms with Crippen molar-refractivity contribution in [1.82, 2.24) is 9.97 Å². The molecule has 0 aliphatic rings. The van der Waals surface area contributed by atoms with Gasteiger partial charge in [0.25, 0.3) is 0 Å². The number of nitrogens with zero attached hydrogens (tertiary/aromatic N) is 2. The van der Waals surface area contributed by atoms with Crippen molar-refractivity contribution in [2.45, 2.75) is 26.2 Å². The highest BCUT2D eigenvalue weighted by molar-refractivity contribution is 6.29. The normalized spacial score (nSPS) is 11.4. The van der Waals surface area contributed by atoms with Crippen LogP contribution in [0.15, 0.2) is 30.3 Å². The van der Waals surface area contributed by atoms with E-state index in [9.17, 15) is 0 Å². The molecule has 0 radical (unpaired) electrons. The fourth-order valence-electron chi connectivity index (χ4n) is 1.75. The predicted octanol–water partition coefficient (Wildman–Crippen LogP) is 4.10. The van der Waals surface area contributed by atoms with E-state index >= 15 is 0 Å². The zero-order chi connectivity index (χ0) is 14.0. The maximum absolute atomic E-state index is 6.11. The van der Waals surface area contributed by atoms with E-state index in [1.165, 1.54) is 0 Å². The van der Waals surface area contributed by atoms with Gasteiger partial charge in [-0.15, -0.1) is 0 Å². The summed E-state index contributed by atoms with van der Waals surface area (Å²) in [5.74, 6) is 1.50. The van der Waals surface area contributed by atoms with Gasteiger partial charge in [0.2, 0.25) is 0 Å². The van der Waals surface area contributed by atoms with Gasteiger partial charge >= 0.3 is 0 Å². The first kappa shape index (κ1) is 13.8. The number of para-hydroxylation sites is 1. The SMILES string of the molecule is COc1ccccc1-c1cc(Cl)nc(C(C)(C)C)n1. The van der Waals surface area contributed by atoms with Crippen molar-refractivity contribution in [3.05, 3.63) is 41.3 Å². The Labute approximate surface area is 118 Å². The Morgan fingerprint density at radius 3 is 2.42 bits per heavy atom. The summed E-state index contributed by atoms with van der Waals surface area (Å²) in [4.78, 5) is 8.91. The first-order valence-electron chi connectivity index (χ1n) is 6.10. The number of methoxy groups -OCH3 is 1. The average molecular weight is 277 g/mol. The molecule has 1 heterocycles. The lowest BCUT2D eigenvalue weighted by atomic mass is 9.95. The summed E-state index contributed by atoms with van der Waals surface area (Å²) >= 11 is 6.11. The molecule has 0 atom stereocenters. The molecule has 2 aromatic rings. The van der Waals surface area contributed by atoms with Crippen LogP contribution in [0.2, 0.25) is 5.15 Å². The van der Waals surface area contributed by atoms with Gasteiger partial charge in [0.15, 0.2) is 0 Å². The lowest BCUT2D eigenvalue weighted by Crippen LogP contribution is -2.16. The van der Waals surface area contributed by atoms with Crippen molar-refractivity contribution in [3.8, 4) is 17.0 Å². The van der Waals surface area contributed by atoms with Gasteiger partial charge in [-0.3, -0.25) is 0 Å². The number of halogens is 1. The first-order valence-corrected chi connectivity index (χ1v) is 6.48. The van der Waals surface area contributed by atoms with Crippen LogP contribution in [0.4, 0.5) is 0 Å². The minimum Gasteiger partial charge on any atom is -0.496 e. The van der Waals surface area contributed by atoms with Crippen LogP contribution in [0.25, 0.3) is 11.3 Å². The Kier molecular flexibility index (Phi) is 3.76. The van der Waals surface area contributed by atoms with Gasteiger partial charge in [0.1, 0.15) is 16.7 Å². The number of ether oxygens (including phenoxy) is 1. The van der Waals surface area contributed by atoms with Crippen LogP contribution in [0.1, 0.15) is 26.6 Å². The van der Waals surface area contributed by atoms with E-state index in [0.717, 1.165) is 22.8 Å². The second kappa shape index (κ2) is 5.17. The molecule has 4 heteroatoms. The van der Waals surface area contributed by atoms with E-state index in [1.807, 2.05) is 24.3 Å². The van der Waals surface area contributed by atoms with Crippen molar-refractivity contribution in [2.24, 2.45) is 0 Å². The van der Waals surface area contributed by atoms with Crippen LogP contribution >= 0.6 is 11.6 Å². The van der Waals surface area contributed by atoms with Crippen LogP contribution in [-0.2, 0) is 5.41 Å². The quantitative estimate of drug-likeness (QED) is 0.775. The predicted molar refractivity (Wildman–Crippen MR) is 77.7 cm³/mol. The molecule has 0 aliphatic heterocycles. The van der Waals surface area contributed by atoms with Gasteiger partial charge in [0.05, 0.1) is 12.8 Å². The lowest BCUT2D eigenvalue weighted by molar-refractivity contribution is 0.416. The van der Waals surface area contributed by atoms with E-state index in [2.05, 4.69) is 30.7 Å². The second-order valence-corrected chi connectivity index (χ2v) is 5.74. The summed E-state index contributed by atoms with van der Waals surface area (Å²) in [5, 5.41) is 0.445. The molecular weight excluding hydrogens is 260 g/mol. The first-order chi connectivity index (χ1) is 8.91. The van der Waals surface area contributed by atoms with Crippen molar-refractivity contribution >= 4 is 11.6 Å². The Bertz CT molecular complexity index is 591. The van der Waals surface area contributed by atoms with E-state index in [1.54, 1.807) is 13.2 Å². The molecule has 1 aromatic heterocycles. The summed E-state index contributed by atoms with van der Waals surface area (Å²) in [6.45, 7) is 6.18. The Hall–Kier alpha value is -1.61. The molecule has 0 amide bonds. The third-order valence-corrected chi connectivity index (χ3v) is 2.94. The molecule has 3 nitrogen and oxygen atoms in total. The molecule has 0 aliphatic carbocycles. The number of rotatable bonds is 2. The van der Waals surface area contributed by atoms with Crippen LogP contribution in [0.5, 0.6) is 5.75 Å². The molecule has 19 heavy (non-hydrogen) atoms. The monoisotopic (exact) mass is 276 g/mol. The van der Waals surface area contributed by atoms with Gasteiger partial charge in [-0.25, -0.2) is 9.97 Å². The molecule has 0 unspecified atom stereocenters. The number of aromatic nitrogens is 2. The zero-order valence-electron chi connectivity index (χ0n) is 11.6. The maximum Gasteiger partial charge on any atom is 0.136 e. The van der Waals surface area contributed by atoms with Crippen LogP contribution in [-0.4, -0.2) is 17.1 Å². The van der Waals surface area contributed by atoms with Crippen LogP contribution < -0.4 is 4.74 Å². The molecule has 0 spiro atoms. The summed E-state index contributed by atoms with van der Waals surface area (Å²) in [6.07, 6.45) is 0. The van der Waals surface area contributed by atoms with Gasteiger partial charge in [-0.2, -0.15) is 0 Å². The minimum absolute atomic E-state index is 0.151. The molecule has 0 saturated carbocycles. The molecular formula is C15H17ClN2O. The Balaban J connectivity index is 2.60. The molecule has 1 aromatic carbocycles. The Morgan fingerprint density at radius 1 is 1.11 bits per heavy atom. The summed E-state index contributed by atoms with van der Waals surface area (Å²) in [5.41, 5.74) is 1.55.